The SMILES string of the molecule is COc1cc2ncnc(Nc3cc(Cl)ccc3O)c2cc1O[C@H]1C[C@H](C(=O)N(C)C)N(C)C1. The first-order valence-corrected chi connectivity index (χ1v) is 10.8. The Kier molecular flexibility index (Phi) is 6.44. The van der Waals surface area contributed by atoms with Gasteiger partial charge in [0.1, 0.15) is 24.0 Å². The van der Waals surface area contributed by atoms with Gasteiger partial charge >= 0.3 is 0 Å². The van der Waals surface area contributed by atoms with E-state index in [0.717, 1.165) is 0 Å². The van der Waals surface area contributed by atoms with E-state index in [9.17, 15) is 9.90 Å². The smallest absolute Gasteiger partial charge is 0.239 e. The van der Waals surface area contributed by atoms with Crippen molar-refractivity contribution in [1.82, 2.24) is 19.8 Å². The quantitative estimate of drug-likeness (QED) is 0.528. The van der Waals surface area contributed by atoms with Crippen LogP contribution in [0, 0.1) is 0 Å². The van der Waals surface area contributed by atoms with Gasteiger partial charge in [-0.1, -0.05) is 11.6 Å². The number of halogens is 1. The van der Waals surface area contributed by atoms with Crippen molar-refractivity contribution in [3.63, 3.8) is 0 Å². The lowest BCUT2D eigenvalue weighted by molar-refractivity contribution is -0.133. The number of phenols is 1. The van der Waals surface area contributed by atoms with Crippen molar-refractivity contribution >= 4 is 39.9 Å². The Bertz CT molecular complexity index is 1190. The van der Waals surface area contributed by atoms with E-state index in [2.05, 4.69) is 15.3 Å². The zero-order chi connectivity index (χ0) is 23.7. The molecule has 1 aliphatic rings. The number of ether oxygens (including phenoxy) is 2. The molecule has 0 spiro atoms. The predicted octanol–water partition coefficient (Wildman–Crippen LogP) is 3.28. The van der Waals surface area contributed by atoms with Crippen LogP contribution >= 0.6 is 11.6 Å². The first kappa shape index (κ1) is 22.9. The number of likely N-dealkylation sites (tertiary alicyclic amines) is 1. The summed E-state index contributed by atoms with van der Waals surface area (Å²) in [5.41, 5.74) is 1.06. The molecule has 2 N–H and O–H groups in total. The minimum Gasteiger partial charge on any atom is -0.506 e. The van der Waals surface area contributed by atoms with E-state index >= 15 is 0 Å². The summed E-state index contributed by atoms with van der Waals surface area (Å²) >= 11 is 6.08. The number of nitrogens with zero attached hydrogens (tertiary/aromatic N) is 4. The topological polar surface area (TPSA) is 100 Å². The number of carbonyl (C=O) groups is 1. The number of hydrogen-bond donors (Lipinski definition) is 2. The van der Waals surface area contributed by atoms with Gasteiger partial charge in [-0.05, 0) is 31.3 Å². The highest BCUT2D eigenvalue weighted by atomic mass is 35.5. The fourth-order valence-electron chi connectivity index (χ4n) is 3.96. The summed E-state index contributed by atoms with van der Waals surface area (Å²) in [7, 11) is 6.99. The largest absolute Gasteiger partial charge is 0.506 e. The molecule has 1 aromatic heterocycles. The van der Waals surface area contributed by atoms with Gasteiger partial charge in [0.05, 0.1) is 24.4 Å². The zero-order valence-corrected chi connectivity index (χ0v) is 19.6. The molecule has 0 saturated carbocycles. The number of fused-ring (bicyclic) bond motifs is 1. The van der Waals surface area contributed by atoms with Crippen LogP contribution in [0.15, 0.2) is 36.7 Å². The van der Waals surface area contributed by atoms with E-state index in [1.165, 1.54) is 12.4 Å². The number of anilines is 2. The number of methoxy groups -OCH3 is 1. The van der Waals surface area contributed by atoms with Gasteiger partial charge in [-0.15, -0.1) is 0 Å². The third-order valence-electron chi connectivity index (χ3n) is 5.66. The van der Waals surface area contributed by atoms with E-state index < -0.39 is 0 Å². The summed E-state index contributed by atoms with van der Waals surface area (Å²) in [5.74, 6) is 1.63. The van der Waals surface area contributed by atoms with Gasteiger partial charge in [-0.25, -0.2) is 9.97 Å². The normalized spacial score (nSPS) is 18.3. The molecular weight excluding hydrogens is 446 g/mol. The van der Waals surface area contributed by atoms with E-state index in [1.54, 1.807) is 50.4 Å². The van der Waals surface area contributed by atoms with Crippen molar-refractivity contribution < 1.29 is 19.4 Å². The lowest BCUT2D eigenvalue weighted by atomic mass is 10.1. The second kappa shape index (κ2) is 9.29. The summed E-state index contributed by atoms with van der Waals surface area (Å²) in [4.78, 5) is 24.7. The molecule has 9 nitrogen and oxygen atoms in total. The second-order valence-corrected chi connectivity index (χ2v) is 8.63. The maximum absolute atomic E-state index is 12.5. The minimum atomic E-state index is -0.234. The molecule has 2 aromatic carbocycles. The Morgan fingerprint density at radius 2 is 2.03 bits per heavy atom. The summed E-state index contributed by atoms with van der Waals surface area (Å²) in [6.45, 7) is 0.609. The molecule has 1 saturated heterocycles. The molecule has 1 fully saturated rings. The number of likely N-dealkylation sites (N-methyl/N-ethyl adjacent to an activating group) is 2. The molecule has 2 atom stereocenters. The molecule has 0 radical (unpaired) electrons. The fourth-order valence-corrected chi connectivity index (χ4v) is 4.13. The van der Waals surface area contributed by atoms with E-state index in [1.807, 2.05) is 11.9 Å². The molecular formula is C23H26ClN5O4. The highest BCUT2D eigenvalue weighted by molar-refractivity contribution is 6.31. The second-order valence-electron chi connectivity index (χ2n) is 8.19. The summed E-state index contributed by atoms with van der Waals surface area (Å²) in [6.07, 6.45) is 1.81. The van der Waals surface area contributed by atoms with E-state index in [4.69, 9.17) is 21.1 Å². The van der Waals surface area contributed by atoms with Crippen molar-refractivity contribution in [3.05, 3.63) is 41.7 Å². The number of carbonyl (C=O) groups excluding carboxylic acids is 1. The molecule has 3 aromatic rings. The Hall–Kier alpha value is -3.30. The summed E-state index contributed by atoms with van der Waals surface area (Å²) in [6, 6.07) is 8.07. The van der Waals surface area contributed by atoms with Crippen molar-refractivity contribution in [2.75, 3.05) is 40.1 Å². The van der Waals surface area contributed by atoms with Crippen LogP contribution in [-0.4, -0.2) is 77.7 Å². The first-order chi connectivity index (χ1) is 15.8. The number of hydrogen-bond acceptors (Lipinski definition) is 8. The van der Waals surface area contributed by atoms with Gasteiger partial charge in [-0.2, -0.15) is 0 Å². The van der Waals surface area contributed by atoms with Crippen molar-refractivity contribution in [2.45, 2.75) is 18.6 Å². The van der Waals surface area contributed by atoms with Gasteiger partial charge in [-0.3, -0.25) is 9.69 Å². The van der Waals surface area contributed by atoms with E-state index in [0.29, 0.717) is 51.9 Å². The molecule has 2 heterocycles. The average molecular weight is 472 g/mol. The Labute approximate surface area is 196 Å². The zero-order valence-electron chi connectivity index (χ0n) is 18.9. The van der Waals surface area contributed by atoms with E-state index in [-0.39, 0.29) is 23.8 Å². The van der Waals surface area contributed by atoms with Gasteiger partial charge in [0, 0.05) is 43.5 Å². The summed E-state index contributed by atoms with van der Waals surface area (Å²) < 4.78 is 11.8. The standard InChI is InChI=1S/C23H26ClN5O4/c1-28(2)23(31)18-8-14(11-29(18)3)33-21-9-15-16(10-20(21)32-4)25-12-26-22(15)27-17-7-13(24)5-6-19(17)30/h5-7,9-10,12,14,18,30H,8,11H2,1-4H3,(H,25,26,27)/t14-,18+/m0/s1. The molecule has 174 valence electrons. The highest BCUT2D eigenvalue weighted by Crippen LogP contribution is 2.37. The van der Waals surface area contributed by atoms with Gasteiger partial charge in [0.15, 0.2) is 11.5 Å². The van der Waals surface area contributed by atoms with Crippen molar-refractivity contribution in [2.24, 2.45) is 0 Å². The Morgan fingerprint density at radius 1 is 1.24 bits per heavy atom. The monoisotopic (exact) mass is 471 g/mol. The summed E-state index contributed by atoms with van der Waals surface area (Å²) in [5, 5.41) is 14.5. The molecule has 0 aliphatic carbocycles. The van der Waals surface area contributed by atoms with Gasteiger partial charge in [0.2, 0.25) is 5.91 Å². The number of benzene rings is 2. The van der Waals surface area contributed by atoms with Crippen molar-refractivity contribution in [1.29, 1.82) is 0 Å². The number of nitrogens with one attached hydrogen (secondary N) is 1. The predicted molar refractivity (Wildman–Crippen MR) is 127 cm³/mol. The average Bonchev–Trinajstić information content (AvgIpc) is 3.15. The van der Waals surface area contributed by atoms with Crippen LogP contribution in [0.3, 0.4) is 0 Å². The molecule has 4 rings (SSSR count). The molecule has 10 heteroatoms. The Morgan fingerprint density at radius 3 is 2.76 bits per heavy atom. The number of rotatable bonds is 6. The maximum atomic E-state index is 12.5. The van der Waals surface area contributed by atoms with Crippen LogP contribution in [-0.2, 0) is 4.79 Å². The van der Waals surface area contributed by atoms with Crippen LogP contribution in [0.25, 0.3) is 10.9 Å². The van der Waals surface area contributed by atoms with Crippen LogP contribution in [0.2, 0.25) is 5.02 Å². The molecule has 33 heavy (non-hydrogen) atoms. The molecule has 0 unspecified atom stereocenters. The van der Waals surface area contributed by atoms with Crippen LogP contribution in [0.1, 0.15) is 6.42 Å². The van der Waals surface area contributed by atoms with Crippen LogP contribution < -0.4 is 14.8 Å². The lowest BCUT2D eigenvalue weighted by Crippen LogP contribution is -2.40. The highest BCUT2D eigenvalue weighted by Gasteiger charge is 2.36. The maximum Gasteiger partial charge on any atom is 0.239 e. The first-order valence-electron chi connectivity index (χ1n) is 10.4. The number of aromatic nitrogens is 2. The number of phenolic OH excluding ortho intramolecular Hbond substituents is 1. The van der Waals surface area contributed by atoms with Gasteiger partial charge < -0.3 is 24.8 Å². The Balaban J connectivity index is 1.65. The fraction of sp³-hybridized carbons (Fsp3) is 0.348. The molecule has 1 amide bonds. The number of amides is 1. The third-order valence-corrected chi connectivity index (χ3v) is 5.90. The minimum absolute atomic E-state index is 0.0433. The van der Waals surface area contributed by atoms with Crippen LogP contribution in [0.4, 0.5) is 11.5 Å². The molecule has 1 aliphatic heterocycles. The molecule has 0 bridgehead atoms. The third kappa shape index (κ3) is 4.74. The van der Waals surface area contributed by atoms with Crippen LogP contribution in [0.5, 0.6) is 17.2 Å². The van der Waals surface area contributed by atoms with Crippen molar-refractivity contribution in [3.8, 4) is 17.2 Å². The van der Waals surface area contributed by atoms with Gasteiger partial charge in [0.25, 0.3) is 0 Å². The number of aromatic hydroxyl groups is 1. The lowest BCUT2D eigenvalue weighted by Gasteiger charge is -2.21.